The molecule has 0 aromatic rings. The molecule has 0 heterocycles. The first-order valence-electron chi connectivity index (χ1n) is 3.45. The van der Waals surface area contributed by atoms with Crippen molar-refractivity contribution in [1.82, 2.24) is 0 Å². The van der Waals surface area contributed by atoms with Crippen LogP contribution in [0, 0.1) is 11.3 Å². The minimum Gasteiger partial charge on any atom is -0.193 e. The molecular weight excluding hydrogens is 122 g/mol. The fourth-order valence-corrected chi connectivity index (χ4v) is 0.673. The molecule has 0 fully saturated rings. The van der Waals surface area contributed by atoms with Crippen LogP contribution in [-0.2, 0) is 0 Å². The highest BCUT2D eigenvalue weighted by molar-refractivity contribution is 5.28. The van der Waals surface area contributed by atoms with Gasteiger partial charge < -0.3 is 0 Å². The molecule has 0 radical (unpaired) electrons. The van der Waals surface area contributed by atoms with Crippen molar-refractivity contribution in [2.24, 2.45) is 0 Å². The maximum atomic E-state index is 8.60. The molecule has 10 heavy (non-hydrogen) atoms. The summed E-state index contributed by atoms with van der Waals surface area (Å²) in [5, 5.41) is 8.60. The molecule has 0 aliphatic heterocycles. The third kappa shape index (κ3) is 2.50. The average molecular weight is 135 g/mol. The molecule has 0 aliphatic rings. The highest BCUT2D eigenvalue weighted by Gasteiger charge is 1.95. The summed E-state index contributed by atoms with van der Waals surface area (Å²) in [5.41, 5.74) is 2.03. The van der Waals surface area contributed by atoms with E-state index in [1.54, 1.807) is 6.08 Å². The maximum absolute atomic E-state index is 8.60. The first-order chi connectivity index (χ1) is 4.76. The Kier molecular flexibility index (Phi) is 4.32. The predicted octanol–water partition coefficient (Wildman–Crippen LogP) is 2.81. The van der Waals surface area contributed by atoms with Crippen LogP contribution < -0.4 is 0 Å². The van der Waals surface area contributed by atoms with Gasteiger partial charge in [0.25, 0.3) is 0 Å². The lowest BCUT2D eigenvalue weighted by Gasteiger charge is -1.97. The molecule has 0 saturated carbocycles. The molecule has 0 atom stereocenters. The normalized spacial score (nSPS) is 11.7. The van der Waals surface area contributed by atoms with E-state index in [0.29, 0.717) is 6.42 Å². The van der Waals surface area contributed by atoms with E-state index in [4.69, 9.17) is 5.26 Å². The lowest BCUT2D eigenvalue weighted by Crippen LogP contribution is -1.82. The number of hydrogen-bond acceptors (Lipinski definition) is 1. The van der Waals surface area contributed by atoms with E-state index < -0.39 is 0 Å². The van der Waals surface area contributed by atoms with Crippen LogP contribution in [0.15, 0.2) is 23.8 Å². The van der Waals surface area contributed by atoms with Crippen LogP contribution >= 0.6 is 0 Å². The summed E-state index contributed by atoms with van der Waals surface area (Å²) in [6.07, 6.45) is 3.42. The number of nitrogens with zero attached hydrogens (tertiary/aromatic N) is 1. The topological polar surface area (TPSA) is 23.8 Å². The molecule has 54 valence electrons. The molecule has 1 heteroatoms. The van der Waals surface area contributed by atoms with Crippen LogP contribution in [-0.4, -0.2) is 0 Å². The minimum absolute atomic E-state index is 0.705. The number of rotatable bonds is 3. The van der Waals surface area contributed by atoms with Gasteiger partial charge in [-0.2, -0.15) is 5.26 Å². The Labute approximate surface area is 62.7 Å². The zero-order chi connectivity index (χ0) is 7.98. The van der Waals surface area contributed by atoms with Crippen LogP contribution in [0.5, 0.6) is 0 Å². The first-order valence-corrected chi connectivity index (χ1v) is 3.45. The van der Waals surface area contributed by atoms with E-state index in [1.807, 2.05) is 6.92 Å². The third-order valence-electron chi connectivity index (χ3n) is 1.53. The zero-order valence-electron chi connectivity index (χ0n) is 6.65. The van der Waals surface area contributed by atoms with E-state index in [9.17, 15) is 0 Å². The van der Waals surface area contributed by atoms with E-state index in [-0.39, 0.29) is 0 Å². The van der Waals surface area contributed by atoms with Crippen LogP contribution in [0.2, 0.25) is 0 Å². The van der Waals surface area contributed by atoms with Gasteiger partial charge in [0.1, 0.15) is 0 Å². The third-order valence-corrected chi connectivity index (χ3v) is 1.53. The van der Waals surface area contributed by atoms with Gasteiger partial charge in [-0.3, -0.25) is 0 Å². The SMILES string of the molecule is C=CC/C(C#N)=C(/C)CC. The highest BCUT2D eigenvalue weighted by atomic mass is 14.2. The molecule has 0 unspecified atom stereocenters. The molecule has 0 aromatic carbocycles. The van der Waals surface area contributed by atoms with Crippen molar-refractivity contribution in [3.8, 4) is 6.07 Å². The molecule has 0 amide bonds. The summed E-state index contributed by atoms with van der Waals surface area (Å²) >= 11 is 0. The van der Waals surface area contributed by atoms with Crippen LogP contribution in [0.4, 0.5) is 0 Å². The molecule has 0 rings (SSSR count). The predicted molar refractivity (Wildman–Crippen MR) is 43.4 cm³/mol. The highest BCUT2D eigenvalue weighted by Crippen LogP contribution is 2.10. The van der Waals surface area contributed by atoms with Gasteiger partial charge in [0.15, 0.2) is 0 Å². The number of allylic oxidation sites excluding steroid dienone is 3. The number of nitriles is 1. The van der Waals surface area contributed by atoms with Gasteiger partial charge in [-0.05, 0) is 13.3 Å². The Morgan fingerprint density at radius 2 is 2.30 bits per heavy atom. The van der Waals surface area contributed by atoms with E-state index in [1.165, 1.54) is 5.57 Å². The van der Waals surface area contributed by atoms with E-state index >= 15 is 0 Å². The smallest absolute Gasteiger partial charge is 0.0949 e. The van der Waals surface area contributed by atoms with Gasteiger partial charge in [-0.25, -0.2) is 0 Å². The van der Waals surface area contributed by atoms with Crippen LogP contribution in [0.3, 0.4) is 0 Å². The monoisotopic (exact) mass is 135 g/mol. The van der Waals surface area contributed by atoms with Gasteiger partial charge in [0, 0.05) is 12.0 Å². The molecular formula is C9H13N. The van der Waals surface area contributed by atoms with Crippen molar-refractivity contribution in [3.63, 3.8) is 0 Å². The van der Waals surface area contributed by atoms with Crippen molar-refractivity contribution in [3.05, 3.63) is 23.8 Å². The van der Waals surface area contributed by atoms with Gasteiger partial charge in [0.05, 0.1) is 6.07 Å². The lowest BCUT2D eigenvalue weighted by molar-refractivity contribution is 1.05. The second-order valence-corrected chi connectivity index (χ2v) is 2.22. The molecule has 0 bridgehead atoms. The summed E-state index contributed by atoms with van der Waals surface area (Å²) in [4.78, 5) is 0. The zero-order valence-corrected chi connectivity index (χ0v) is 6.65. The van der Waals surface area contributed by atoms with Crippen LogP contribution in [0.1, 0.15) is 26.7 Å². The van der Waals surface area contributed by atoms with Gasteiger partial charge in [-0.1, -0.05) is 18.6 Å². The number of hydrogen-bond donors (Lipinski definition) is 0. The van der Waals surface area contributed by atoms with E-state index in [0.717, 1.165) is 12.0 Å². The molecule has 0 aromatic heterocycles. The van der Waals surface area contributed by atoms with Crippen molar-refractivity contribution in [1.29, 1.82) is 5.26 Å². The summed E-state index contributed by atoms with van der Waals surface area (Å²) < 4.78 is 0. The lowest BCUT2D eigenvalue weighted by atomic mass is 10.1. The van der Waals surface area contributed by atoms with Crippen molar-refractivity contribution >= 4 is 0 Å². The summed E-state index contributed by atoms with van der Waals surface area (Å²) in [6.45, 7) is 7.62. The van der Waals surface area contributed by atoms with Gasteiger partial charge in [-0.15, -0.1) is 6.58 Å². The quantitative estimate of drug-likeness (QED) is 0.431. The Morgan fingerprint density at radius 1 is 1.70 bits per heavy atom. The Bertz CT molecular complexity index is 181. The minimum atomic E-state index is 0.705. The molecule has 1 nitrogen and oxygen atoms in total. The molecule has 0 aliphatic carbocycles. The van der Waals surface area contributed by atoms with Gasteiger partial charge in [0.2, 0.25) is 0 Å². The fraction of sp³-hybridized carbons (Fsp3) is 0.444. The molecule has 0 spiro atoms. The van der Waals surface area contributed by atoms with Crippen molar-refractivity contribution < 1.29 is 0 Å². The standard InChI is InChI=1S/C9H13N/c1-4-6-9(7-10)8(3)5-2/h4H,1,5-6H2,2-3H3/b9-8+. The van der Waals surface area contributed by atoms with Crippen molar-refractivity contribution in [2.75, 3.05) is 0 Å². The summed E-state index contributed by atoms with van der Waals surface area (Å²) in [7, 11) is 0. The first kappa shape index (κ1) is 8.97. The largest absolute Gasteiger partial charge is 0.193 e. The maximum Gasteiger partial charge on any atom is 0.0949 e. The van der Waals surface area contributed by atoms with Gasteiger partial charge >= 0.3 is 0 Å². The Morgan fingerprint density at radius 3 is 2.60 bits per heavy atom. The molecule has 0 N–H and O–H groups in total. The average Bonchev–Trinajstić information content (AvgIpc) is 1.99. The fourth-order valence-electron chi connectivity index (χ4n) is 0.673. The molecule has 0 saturated heterocycles. The summed E-state index contributed by atoms with van der Waals surface area (Å²) in [5.74, 6) is 0. The summed E-state index contributed by atoms with van der Waals surface area (Å²) in [6, 6.07) is 2.16. The Balaban J connectivity index is 4.32. The van der Waals surface area contributed by atoms with Crippen LogP contribution in [0.25, 0.3) is 0 Å². The Hall–Kier alpha value is -1.03. The second kappa shape index (κ2) is 4.81. The van der Waals surface area contributed by atoms with E-state index in [2.05, 4.69) is 19.6 Å². The second-order valence-electron chi connectivity index (χ2n) is 2.22. The van der Waals surface area contributed by atoms with Crippen molar-refractivity contribution in [2.45, 2.75) is 26.7 Å².